The number of ketones is 1. The zero-order valence-corrected chi connectivity index (χ0v) is 17.0. The van der Waals surface area contributed by atoms with Gasteiger partial charge in [0.15, 0.2) is 5.78 Å². The number of fused-ring (bicyclic) bond motifs is 1. The van der Waals surface area contributed by atoms with E-state index in [1.54, 1.807) is 12.1 Å². The summed E-state index contributed by atoms with van der Waals surface area (Å²) in [5.74, 6) is -0.153. The highest BCUT2D eigenvalue weighted by Gasteiger charge is 2.30. The van der Waals surface area contributed by atoms with Crippen LogP contribution in [0, 0.1) is 0 Å². The predicted octanol–water partition coefficient (Wildman–Crippen LogP) is 3.73. The highest BCUT2D eigenvalue weighted by atomic mass is 32.2. The maximum Gasteiger partial charge on any atom is 0.274 e. The molecule has 0 amide bonds. The van der Waals surface area contributed by atoms with Gasteiger partial charge in [-0.2, -0.15) is 4.31 Å². The van der Waals surface area contributed by atoms with E-state index in [1.165, 1.54) is 34.7 Å². The summed E-state index contributed by atoms with van der Waals surface area (Å²) in [4.78, 5) is 16.2. The normalized spacial score (nSPS) is 16.3. The van der Waals surface area contributed by atoms with E-state index in [0.29, 0.717) is 36.7 Å². The number of hydrogen-bond acceptors (Lipinski definition) is 6. The molecule has 2 aromatic carbocycles. The maximum absolute atomic E-state index is 12.9. The van der Waals surface area contributed by atoms with Crippen LogP contribution in [0.15, 0.2) is 53.4 Å². The molecule has 6 nitrogen and oxygen atoms in total. The standard InChI is InChI=1S/C20H20N2O4S2/c1-14(23)15-5-4-6-17(13-15)28(24,25)22-11-9-16(10-12-22)26-20-21-18-7-2-3-8-19(18)27-20/h2-8,13,16H,9-12H2,1H3. The number of aromatic nitrogens is 1. The topological polar surface area (TPSA) is 76.6 Å². The van der Waals surface area contributed by atoms with E-state index in [-0.39, 0.29) is 16.8 Å². The first-order valence-electron chi connectivity index (χ1n) is 9.07. The van der Waals surface area contributed by atoms with Crippen molar-refractivity contribution in [2.24, 2.45) is 0 Å². The molecular weight excluding hydrogens is 396 g/mol. The third-order valence-corrected chi connectivity index (χ3v) is 7.64. The number of ether oxygens (including phenoxy) is 1. The minimum absolute atomic E-state index is 0.0597. The van der Waals surface area contributed by atoms with Crippen molar-refractivity contribution in [2.75, 3.05) is 13.1 Å². The molecule has 8 heteroatoms. The van der Waals surface area contributed by atoms with Gasteiger partial charge in [0.1, 0.15) is 6.10 Å². The molecule has 146 valence electrons. The number of nitrogens with zero attached hydrogens (tertiary/aromatic N) is 2. The first kappa shape index (κ1) is 19.0. The summed E-state index contributed by atoms with van der Waals surface area (Å²) >= 11 is 1.50. The van der Waals surface area contributed by atoms with Crippen molar-refractivity contribution in [1.29, 1.82) is 0 Å². The molecule has 1 fully saturated rings. The van der Waals surface area contributed by atoms with Crippen molar-refractivity contribution in [1.82, 2.24) is 9.29 Å². The van der Waals surface area contributed by atoms with E-state index in [1.807, 2.05) is 24.3 Å². The molecule has 2 heterocycles. The fourth-order valence-electron chi connectivity index (χ4n) is 3.26. The Labute approximate surface area is 167 Å². The quantitative estimate of drug-likeness (QED) is 0.593. The minimum atomic E-state index is -3.62. The van der Waals surface area contributed by atoms with Crippen LogP contribution < -0.4 is 4.74 Å². The van der Waals surface area contributed by atoms with Crippen LogP contribution >= 0.6 is 11.3 Å². The van der Waals surface area contributed by atoms with Gasteiger partial charge in [0.2, 0.25) is 10.0 Å². The summed E-state index contributed by atoms with van der Waals surface area (Å²) in [6, 6.07) is 14.1. The Bertz CT molecular complexity index is 1080. The van der Waals surface area contributed by atoms with Crippen LogP contribution in [-0.4, -0.2) is 42.7 Å². The Balaban J connectivity index is 1.43. The number of carbonyl (C=O) groups excluding carboxylic acids is 1. The van der Waals surface area contributed by atoms with Crippen molar-refractivity contribution < 1.29 is 17.9 Å². The van der Waals surface area contributed by atoms with Crippen LogP contribution in [-0.2, 0) is 10.0 Å². The number of rotatable bonds is 5. The highest BCUT2D eigenvalue weighted by molar-refractivity contribution is 7.89. The molecule has 0 bridgehead atoms. The van der Waals surface area contributed by atoms with Crippen LogP contribution in [0.4, 0.5) is 0 Å². The van der Waals surface area contributed by atoms with E-state index >= 15 is 0 Å². The molecule has 0 N–H and O–H groups in total. The van der Waals surface area contributed by atoms with Gasteiger partial charge in [0, 0.05) is 18.7 Å². The molecule has 4 rings (SSSR count). The van der Waals surface area contributed by atoms with Gasteiger partial charge in [-0.3, -0.25) is 4.79 Å². The lowest BCUT2D eigenvalue weighted by Crippen LogP contribution is -2.41. The van der Waals surface area contributed by atoms with Crippen molar-refractivity contribution in [3.8, 4) is 5.19 Å². The predicted molar refractivity (Wildman–Crippen MR) is 108 cm³/mol. The number of para-hydroxylation sites is 1. The monoisotopic (exact) mass is 416 g/mol. The van der Waals surface area contributed by atoms with Crippen molar-refractivity contribution in [3.05, 3.63) is 54.1 Å². The average molecular weight is 417 g/mol. The minimum Gasteiger partial charge on any atom is -0.467 e. The van der Waals surface area contributed by atoms with Crippen molar-refractivity contribution >= 4 is 37.4 Å². The molecule has 0 unspecified atom stereocenters. The average Bonchev–Trinajstić information content (AvgIpc) is 3.10. The lowest BCUT2D eigenvalue weighted by atomic mass is 10.1. The molecule has 1 aromatic heterocycles. The summed E-state index contributed by atoms with van der Waals surface area (Å²) in [5.41, 5.74) is 1.31. The van der Waals surface area contributed by atoms with Gasteiger partial charge in [0.05, 0.1) is 15.1 Å². The van der Waals surface area contributed by atoms with E-state index in [0.717, 1.165) is 10.2 Å². The number of benzene rings is 2. The first-order chi connectivity index (χ1) is 13.4. The van der Waals surface area contributed by atoms with Gasteiger partial charge in [-0.25, -0.2) is 13.4 Å². The Morgan fingerprint density at radius 1 is 1.14 bits per heavy atom. The second-order valence-corrected chi connectivity index (χ2v) is 9.68. The van der Waals surface area contributed by atoms with Gasteiger partial charge in [-0.05, 0) is 44.0 Å². The second-order valence-electron chi connectivity index (χ2n) is 6.75. The van der Waals surface area contributed by atoms with E-state index in [4.69, 9.17) is 4.74 Å². The summed E-state index contributed by atoms with van der Waals surface area (Å²) in [5, 5.41) is 0.622. The highest BCUT2D eigenvalue weighted by Crippen LogP contribution is 2.30. The molecule has 0 atom stereocenters. The molecule has 0 spiro atoms. The van der Waals surface area contributed by atoms with Gasteiger partial charge in [-0.1, -0.05) is 35.6 Å². The number of carbonyl (C=O) groups is 1. The molecule has 0 saturated carbocycles. The number of Topliss-reactive ketones (excluding diaryl/α,β-unsaturated/α-hetero) is 1. The van der Waals surface area contributed by atoms with Crippen molar-refractivity contribution in [3.63, 3.8) is 0 Å². The van der Waals surface area contributed by atoms with Gasteiger partial charge in [0.25, 0.3) is 5.19 Å². The van der Waals surface area contributed by atoms with Crippen LogP contribution in [0.25, 0.3) is 10.2 Å². The van der Waals surface area contributed by atoms with Gasteiger partial charge in [-0.15, -0.1) is 0 Å². The number of hydrogen-bond donors (Lipinski definition) is 0. The Hall–Kier alpha value is -2.29. The van der Waals surface area contributed by atoms with E-state index < -0.39 is 10.0 Å². The third-order valence-electron chi connectivity index (χ3n) is 4.82. The second kappa shape index (κ2) is 7.62. The van der Waals surface area contributed by atoms with Crippen LogP contribution in [0.5, 0.6) is 5.19 Å². The number of piperidine rings is 1. The molecule has 1 aliphatic heterocycles. The Morgan fingerprint density at radius 2 is 1.89 bits per heavy atom. The molecule has 1 aliphatic rings. The lowest BCUT2D eigenvalue weighted by molar-refractivity contribution is 0.101. The SMILES string of the molecule is CC(=O)c1cccc(S(=O)(=O)N2CCC(Oc3nc4ccccc4s3)CC2)c1. The first-order valence-corrected chi connectivity index (χ1v) is 11.3. The van der Waals surface area contributed by atoms with Crippen LogP contribution in [0.3, 0.4) is 0 Å². The number of sulfonamides is 1. The molecular formula is C20H20N2O4S2. The summed E-state index contributed by atoms with van der Waals surface area (Å²) in [6.45, 7) is 2.18. The Kier molecular flexibility index (Phi) is 5.18. The summed E-state index contributed by atoms with van der Waals surface area (Å²) in [6.07, 6.45) is 1.14. The van der Waals surface area contributed by atoms with Gasteiger partial charge >= 0.3 is 0 Å². The van der Waals surface area contributed by atoms with E-state index in [2.05, 4.69) is 4.98 Å². The largest absolute Gasteiger partial charge is 0.467 e. The fraction of sp³-hybridized carbons (Fsp3) is 0.300. The zero-order chi connectivity index (χ0) is 19.7. The van der Waals surface area contributed by atoms with Crippen LogP contribution in [0.2, 0.25) is 0 Å². The van der Waals surface area contributed by atoms with E-state index in [9.17, 15) is 13.2 Å². The van der Waals surface area contributed by atoms with Crippen molar-refractivity contribution in [2.45, 2.75) is 30.8 Å². The molecule has 28 heavy (non-hydrogen) atoms. The maximum atomic E-state index is 12.9. The molecule has 0 radical (unpaired) electrons. The lowest BCUT2D eigenvalue weighted by Gasteiger charge is -2.30. The molecule has 1 saturated heterocycles. The zero-order valence-electron chi connectivity index (χ0n) is 15.4. The van der Waals surface area contributed by atoms with Crippen LogP contribution in [0.1, 0.15) is 30.1 Å². The molecule has 3 aromatic rings. The summed E-state index contributed by atoms with van der Waals surface area (Å²) in [7, 11) is -3.62. The number of thiazole rings is 1. The van der Waals surface area contributed by atoms with Gasteiger partial charge < -0.3 is 4.74 Å². The third kappa shape index (κ3) is 3.80. The smallest absolute Gasteiger partial charge is 0.274 e. The fourth-order valence-corrected chi connectivity index (χ4v) is 5.66. The summed E-state index contributed by atoms with van der Waals surface area (Å²) < 4.78 is 34.3. The Morgan fingerprint density at radius 3 is 2.61 bits per heavy atom. The molecule has 0 aliphatic carbocycles.